The molecule has 0 aliphatic carbocycles. The summed E-state index contributed by atoms with van der Waals surface area (Å²) in [6, 6.07) is 8.15. The Balaban J connectivity index is 2.62. The lowest BCUT2D eigenvalue weighted by molar-refractivity contribution is -0.146. The maximum Gasteiger partial charge on any atom is 0.328 e. The summed E-state index contributed by atoms with van der Waals surface area (Å²) < 4.78 is 4.68. The largest absolute Gasteiger partial charge is 0.467 e. The van der Waals surface area contributed by atoms with Crippen LogP contribution in [-0.2, 0) is 20.7 Å². The van der Waals surface area contributed by atoms with Crippen LogP contribution in [0.25, 0.3) is 0 Å². The molecule has 1 unspecified atom stereocenters. The summed E-state index contributed by atoms with van der Waals surface area (Å²) in [6.45, 7) is 3.68. The van der Waals surface area contributed by atoms with Gasteiger partial charge in [0.1, 0.15) is 6.04 Å². The van der Waals surface area contributed by atoms with E-state index in [1.807, 2.05) is 44.2 Å². The second-order valence-corrected chi connectivity index (χ2v) is 5.05. The van der Waals surface area contributed by atoms with Gasteiger partial charge in [0.15, 0.2) is 0 Å². The Morgan fingerprint density at radius 1 is 1.25 bits per heavy atom. The van der Waals surface area contributed by atoms with Crippen LogP contribution < -0.4 is 11.1 Å². The van der Waals surface area contributed by atoms with Gasteiger partial charge in [-0.15, -0.1) is 0 Å². The molecule has 0 bridgehead atoms. The SMILES string of the molecule is COC(=O)[C@@H](NC(=O)C(N)Cc1ccccc1)C(C)C. The molecular weight excluding hydrogens is 256 g/mol. The molecule has 0 saturated heterocycles. The molecule has 20 heavy (non-hydrogen) atoms. The van der Waals surface area contributed by atoms with Crippen LogP contribution >= 0.6 is 0 Å². The summed E-state index contributed by atoms with van der Waals surface area (Å²) >= 11 is 0. The Bertz CT molecular complexity index is 446. The van der Waals surface area contributed by atoms with Crippen LogP contribution in [0.1, 0.15) is 19.4 Å². The maximum absolute atomic E-state index is 12.0. The van der Waals surface area contributed by atoms with Crippen molar-refractivity contribution in [1.29, 1.82) is 0 Å². The van der Waals surface area contributed by atoms with Crippen molar-refractivity contribution in [2.24, 2.45) is 11.7 Å². The maximum atomic E-state index is 12.0. The monoisotopic (exact) mass is 278 g/mol. The van der Waals surface area contributed by atoms with Gasteiger partial charge in [0.05, 0.1) is 13.2 Å². The minimum Gasteiger partial charge on any atom is -0.467 e. The Kier molecular flexibility index (Phi) is 6.18. The van der Waals surface area contributed by atoms with E-state index in [2.05, 4.69) is 10.1 Å². The number of benzene rings is 1. The molecule has 5 heteroatoms. The Morgan fingerprint density at radius 3 is 2.35 bits per heavy atom. The van der Waals surface area contributed by atoms with Gasteiger partial charge in [0.25, 0.3) is 0 Å². The molecule has 0 fully saturated rings. The second-order valence-electron chi connectivity index (χ2n) is 5.05. The molecule has 0 radical (unpaired) electrons. The predicted octanol–water partition coefficient (Wildman–Crippen LogP) is 0.870. The summed E-state index contributed by atoms with van der Waals surface area (Å²) in [5.74, 6) is -0.867. The fourth-order valence-corrected chi connectivity index (χ4v) is 1.85. The molecule has 2 atom stereocenters. The Labute approximate surface area is 119 Å². The lowest BCUT2D eigenvalue weighted by atomic mass is 10.0. The molecule has 110 valence electrons. The van der Waals surface area contributed by atoms with Crippen LogP contribution in [0, 0.1) is 5.92 Å². The summed E-state index contributed by atoms with van der Waals surface area (Å²) in [7, 11) is 1.30. The van der Waals surface area contributed by atoms with Crippen LogP contribution in [0.4, 0.5) is 0 Å². The molecule has 0 aromatic heterocycles. The standard InChI is InChI=1S/C15H22N2O3/c1-10(2)13(15(19)20-3)17-14(18)12(16)9-11-7-5-4-6-8-11/h4-8,10,12-13H,9,16H2,1-3H3,(H,17,18)/t12?,13-/m0/s1. The van der Waals surface area contributed by atoms with E-state index in [1.54, 1.807) is 0 Å². The van der Waals surface area contributed by atoms with Crippen LogP contribution in [0.5, 0.6) is 0 Å². The number of hydrogen-bond donors (Lipinski definition) is 2. The summed E-state index contributed by atoms with van der Waals surface area (Å²) in [5.41, 5.74) is 6.86. The van der Waals surface area contributed by atoms with Crippen LogP contribution in [-0.4, -0.2) is 31.1 Å². The van der Waals surface area contributed by atoms with Gasteiger partial charge in [-0.25, -0.2) is 4.79 Å². The lowest BCUT2D eigenvalue weighted by Gasteiger charge is -2.22. The highest BCUT2D eigenvalue weighted by Gasteiger charge is 2.27. The average molecular weight is 278 g/mol. The second kappa shape index (κ2) is 7.65. The molecule has 0 aliphatic heterocycles. The minimum absolute atomic E-state index is 0.0599. The van der Waals surface area contributed by atoms with Gasteiger partial charge >= 0.3 is 5.97 Å². The fraction of sp³-hybridized carbons (Fsp3) is 0.467. The number of esters is 1. The quantitative estimate of drug-likeness (QED) is 0.757. The van der Waals surface area contributed by atoms with Crippen molar-refractivity contribution in [2.75, 3.05) is 7.11 Å². The third kappa shape index (κ3) is 4.66. The number of hydrogen-bond acceptors (Lipinski definition) is 4. The number of nitrogens with one attached hydrogen (secondary N) is 1. The first kappa shape index (κ1) is 16.2. The van der Waals surface area contributed by atoms with Crippen molar-refractivity contribution in [2.45, 2.75) is 32.4 Å². The van der Waals surface area contributed by atoms with Gasteiger partial charge in [-0.3, -0.25) is 4.79 Å². The topological polar surface area (TPSA) is 81.4 Å². The van der Waals surface area contributed by atoms with E-state index in [0.29, 0.717) is 6.42 Å². The van der Waals surface area contributed by atoms with Crippen LogP contribution in [0.3, 0.4) is 0 Å². The number of carbonyl (C=O) groups excluding carboxylic acids is 2. The van der Waals surface area contributed by atoms with Crippen LogP contribution in [0.2, 0.25) is 0 Å². The first-order valence-corrected chi connectivity index (χ1v) is 6.63. The first-order chi connectivity index (χ1) is 9.45. The van der Waals surface area contributed by atoms with E-state index in [1.165, 1.54) is 7.11 Å². The number of nitrogens with two attached hydrogens (primary N) is 1. The third-order valence-electron chi connectivity index (χ3n) is 3.05. The number of carbonyl (C=O) groups is 2. The molecule has 0 aliphatic rings. The van der Waals surface area contributed by atoms with Crippen molar-refractivity contribution in [3.8, 4) is 0 Å². The van der Waals surface area contributed by atoms with Gasteiger partial charge < -0.3 is 15.8 Å². The number of methoxy groups -OCH3 is 1. The highest BCUT2D eigenvalue weighted by molar-refractivity contribution is 5.87. The lowest BCUT2D eigenvalue weighted by Crippen LogP contribution is -2.51. The minimum atomic E-state index is -0.691. The Morgan fingerprint density at radius 2 is 1.85 bits per heavy atom. The normalized spacial score (nSPS) is 13.7. The molecule has 0 spiro atoms. The molecule has 0 saturated carbocycles. The van der Waals surface area contributed by atoms with Crippen LogP contribution in [0.15, 0.2) is 30.3 Å². The molecule has 1 amide bonds. The van der Waals surface area contributed by atoms with E-state index < -0.39 is 18.1 Å². The molecular formula is C15H22N2O3. The van der Waals surface area contributed by atoms with Gasteiger partial charge in [0.2, 0.25) is 5.91 Å². The molecule has 3 N–H and O–H groups in total. The van der Waals surface area contributed by atoms with Crippen molar-refractivity contribution < 1.29 is 14.3 Å². The molecule has 1 aromatic rings. The summed E-state index contributed by atoms with van der Waals surface area (Å²) in [5, 5.41) is 2.65. The predicted molar refractivity (Wildman–Crippen MR) is 76.9 cm³/mol. The Hall–Kier alpha value is -1.88. The van der Waals surface area contributed by atoms with E-state index in [4.69, 9.17) is 5.73 Å². The van der Waals surface area contributed by atoms with E-state index >= 15 is 0 Å². The zero-order valence-corrected chi connectivity index (χ0v) is 12.1. The summed E-state index contributed by atoms with van der Waals surface area (Å²) in [6.07, 6.45) is 0.429. The fourth-order valence-electron chi connectivity index (χ4n) is 1.85. The van der Waals surface area contributed by atoms with Gasteiger partial charge in [-0.2, -0.15) is 0 Å². The smallest absolute Gasteiger partial charge is 0.328 e. The van der Waals surface area contributed by atoms with E-state index in [0.717, 1.165) is 5.56 Å². The summed E-state index contributed by atoms with van der Waals surface area (Å²) in [4.78, 5) is 23.6. The zero-order chi connectivity index (χ0) is 15.1. The van der Waals surface area contributed by atoms with Gasteiger partial charge in [0, 0.05) is 0 Å². The highest BCUT2D eigenvalue weighted by Crippen LogP contribution is 2.06. The zero-order valence-electron chi connectivity index (χ0n) is 12.1. The van der Waals surface area contributed by atoms with Crippen molar-refractivity contribution in [3.05, 3.63) is 35.9 Å². The van der Waals surface area contributed by atoms with E-state index in [9.17, 15) is 9.59 Å². The van der Waals surface area contributed by atoms with Crippen molar-refractivity contribution in [1.82, 2.24) is 5.32 Å². The number of rotatable bonds is 6. The van der Waals surface area contributed by atoms with Crippen molar-refractivity contribution in [3.63, 3.8) is 0 Å². The first-order valence-electron chi connectivity index (χ1n) is 6.63. The average Bonchev–Trinajstić information content (AvgIpc) is 2.44. The van der Waals surface area contributed by atoms with Gasteiger partial charge in [-0.05, 0) is 17.9 Å². The number of ether oxygens (including phenoxy) is 1. The molecule has 1 aromatic carbocycles. The van der Waals surface area contributed by atoms with Crippen molar-refractivity contribution >= 4 is 11.9 Å². The molecule has 5 nitrogen and oxygen atoms in total. The third-order valence-corrected chi connectivity index (χ3v) is 3.05. The van der Waals surface area contributed by atoms with Gasteiger partial charge in [-0.1, -0.05) is 44.2 Å². The molecule has 1 rings (SSSR count). The molecule has 0 heterocycles. The highest BCUT2D eigenvalue weighted by atomic mass is 16.5. The number of amides is 1. The van der Waals surface area contributed by atoms with E-state index in [-0.39, 0.29) is 11.8 Å².